The second-order valence-corrected chi connectivity index (χ2v) is 3.99. The van der Waals surface area contributed by atoms with Gasteiger partial charge in [-0.15, -0.1) is 0 Å². The minimum atomic E-state index is -1.88. The molecule has 0 bridgehead atoms. The van der Waals surface area contributed by atoms with E-state index >= 15 is 0 Å². The Kier molecular flexibility index (Phi) is 3.33. The van der Waals surface area contributed by atoms with E-state index in [0.717, 1.165) is 0 Å². The van der Waals surface area contributed by atoms with Crippen LogP contribution in [-0.4, -0.2) is 18.3 Å². The van der Waals surface area contributed by atoms with Gasteiger partial charge in [0.1, 0.15) is 11.6 Å². The average Bonchev–Trinajstić information content (AvgIpc) is 2.66. The molecule has 1 aromatic heterocycles. The molecule has 0 saturated carbocycles. The van der Waals surface area contributed by atoms with Crippen molar-refractivity contribution < 1.29 is 13.5 Å². The zero-order chi connectivity index (χ0) is 11.4. The van der Waals surface area contributed by atoms with E-state index in [1.54, 1.807) is 6.20 Å². The Bertz CT molecular complexity index is 484. The van der Waals surface area contributed by atoms with Gasteiger partial charge in [0.05, 0.1) is 12.5 Å². The smallest absolute Gasteiger partial charge is 0.237 e. The van der Waals surface area contributed by atoms with Gasteiger partial charge in [-0.25, -0.2) is 9.19 Å². The maximum absolute atomic E-state index is 10.6. The van der Waals surface area contributed by atoms with Crippen molar-refractivity contribution >= 4 is 11.1 Å². The van der Waals surface area contributed by atoms with E-state index in [-0.39, 0.29) is 5.88 Å². The van der Waals surface area contributed by atoms with Gasteiger partial charge in [0.15, 0.2) is 11.1 Å². The first-order valence-electron chi connectivity index (χ1n) is 4.56. The lowest BCUT2D eigenvalue weighted by Crippen LogP contribution is -1.99. The SMILES string of the molecule is O=S(O)Cn1cnc(Oc2ccccc2)c1. The fraction of sp³-hybridized carbons (Fsp3) is 0.100. The number of hydrogen-bond donors (Lipinski definition) is 1. The lowest BCUT2D eigenvalue weighted by molar-refractivity contribution is 0.465. The molecule has 1 unspecified atom stereocenters. The van der Waals surface area contributed by atoms with E-state index in [9.17, 15) is 4.21 Å². The third kappa shape index (κ3) is 2.91. The van der Waals surface area contributed by atoms with Crippen LogP contribution in [0.5, 0.6) is 11.6 Å². The normalized spacial score (nSPS) is 12.3. The van der Waals surface area contributed by atoms with Crippen molar-refractivity contribution in [3.05, 3.63) is 42.9 Å². The average molecular weight is 238 g/mol. The second-order valence-electron chi connectivity index (χ2n) is 3.09. The van der Waals surface area contributed by atoms with Gasteiger partial charge in [-0.1, -0.05) is 18.2 Å². The first-order chi connectivity index (χ1) is 7.74. The van der Waals surface area contributed by atoms with Gasteiger partial charge in [-0.05, 0) is 12.1 Å². The summed E-state index contributed by atoms with van der Waals surface area (Å²) in [5.74, 6) is 1.07. The van der Waals surface area contributed by atoms with Crippen LogP contribution in [-0.2, 0) is 17.0 Å². The lowest BCUT2D eigenvalue weighted by atomic mass is 10.3. The highest BCUT2D eigenvalue weighted by Crippen LogP contribution is 2.18. The molecule has 2 aromatic rings. The molecule has 1 N–H and O–H groups in total. The number of ether oxygens (including phenoxy) is 1. The number of benzene rings is 1. The Morgan fingerprint density at radius 3 is 2.81 bits per heavy atom. The number of imidazole rings is 1. The van der Waals surface area contributed by atoms with Crippen molar-refractivity contribution in [3.8, 4) is 11.6 Å². The fourth-order valence-corrected chi connectivity index (χ4v) is 1.60. The van der Waals surface area contributed by atoms with Crippen LogP contribution in [0.1, 0.15) is 0 Å². The molecule has 0 aliphatic heterocycles. The number of aromatic nitrogens is 2. The van der Waals surface area contributed by atoms with Crippen LogP contribution in [0.4, 0.5) is 0 Å². The zero-order valence-electron chi connectivity index (χ0n) is 8.31. The summed E-state index contributed by atoms with van der Waals surface area (Å²) in [4.78, 5) is 3.96. The maximum atomic E-state index is 10.6. The number of rotatable bonds is 4. The molecule has 0 aliphatic rings. The summed E-state index contributed by atoms with van der Waals surface area (Å²) in [5, 5.41) is 0. The highest BCUT2D eigenvalue weighted by Gasteiger charge is 2.02. The predicted octanol–water partition coefficient (Wildman–Crippen LogP) is 1.85. The van der Waals surface area contributed by atoms with Gasteiger partial charge < -0.3 is 13.9 Å². The molecule has 0 amide bonds. The van der Waals surface area contributed by atoms with Crippen molar-refractivity contribution in [2.24, 2.45) is 0 Å². The molecule has 1 atom stereocenters. The van der Waals surface area contributed by atoms with Crippen molar-refractivity contribution in [2.75, 3.05) is 0 Å². The quantitative estimate of drug-likeness (QED) is 0.826. The Balaban J connectivity index is 2.06. The Labute approximate surface area is 95.0 Å². The molecule has 0 spiro atoms. The Morgan fingerprint density at radius 2 is 2.12 bits per heavy atom. The monoisotopic (exact) mass is 238 g/mol. The molecule has 0 saturated heterocycles. The third-order valence-corrected chi connectivity index (χ3v) is 2.35. The standard InChI is InChI=1S/C10H10N2O3S/c13-16(14)8-12-6-10(11-7-12)15-9-4-2-1-3-5-9/h1-7H,8H2,(H,13,14). The topological polar surface area (TPSA) is 64.3 Å². The van der Waals surface area contributed by atoms with E-state index < -0.39 is 11.1 Å². The van der Waals surface area contributed by atoms with Crippen molar-refractivity contribution in [3.63, 3.8) is 0 Å². The van der Waals surface area contributed by atoms with Crippen LogP contribution in [0.15, 0.2) is 42.9 Å². The van der Waals surface area contributed by atoms with E-state index in [4.69, 9.17) is 9.29 Å². The highest BCUT2D eigenvalue weighted by molar-refractivity contribution is 7.78. The molecule has 0 fully saturated rings. The van der Waals surface area contributed by atoms with Crippen LogP contribution >= 0.6 is 0 Å². The highest BCUT2D eigenvalue weighted by atomic mass is 32.2. The van der Waals surface area contributed by atoms with E-state index in [1.165, 1.54) is 10.9 Å². The molecule has 6 heteroatoms. The maximum Gasteiger partial charge on any atom is 0.237 e. The fourth-order valence-electron chi connectivity index (χ4n) is 1.20. The summed E-state index contributed by atoms with van der Waals surface area (Å²) in [7, 11) is 0. The van der Waals surface area contributed by atoms with Crippen molar-refractivity contribution in [1.82, 2.24) is 9.55 Å². The van der Waals surface area contributed by atoms with Gasteiger partial charge in [0.2, 0.25) is 5.88 Å². The molecule has 0 radical (unpaired) electrons. The summed E-state index contributed by atoms with van der Waals surface area (Å²) in [5.41, 5.74) is 0. The summed E-state index contributed by atoms with van der Waals surface area (Å²) in [6.07, 6.45) is 3.02. The molecular weight excluding hydrogens is 228 g/mol. The predicted molar refractivity (Wildman–Crippen MR) is 59.5 cm³/mol. The molecule has 16 heavy (non-hydrogen) atoms. The van der Waals surface area contributed by atoms with Crippen LogP contribution in [0, 0.1) is 0 Å². The number of para-hydroxylation sites is 1. The Hall–Kier alpha value is -1.66. The number of nitrogens with zero attached hydrogens (tertiary/aromatic N) is 2. The minimum absolute atomic E-state index is 0.00878. The summed E-state index contributed by atoms with van der Waals surface area (Å²) in [6.45, 7) is 0. The van der Waals surface area contributed by atoms with Gasteiger partial charge in [-0.2, -0.15) is 0 Å². The molecule has 1 aromatic carbocycles. The van der Waals surface area contributed by atoms with Gasteiger partial charge in [0.25, 0.3) is 0 Å². The van der Waals surface area contributed by atoms with Crippen LogP contribution in [0.3, 0.4) is 0 Å². The summed E-state index contributed by atoms with van der Waals surface area (Å²) < 4.78 is 26.2. The van der Waals surface area contributed by atoms with E-state index in [0.29, 0.717) is 11.6 Å². The number of hydrogen-bond acceptors (Lipinski definition) is 3. The van der Waals surface area contributed by atoms with Crippen molar-refractivity contribution in [2.45, 2.75) is 5.88 Å². The molecule has 84 valence electrons. The first-order valence-corrected chi connectivity index (χ1v) is 5.84. The second kappa shape index (κ2) is 4.91. The molecule has 5 nitrogen and oxygen atoms in total. The molecular formula is C10H10N2O3S. The van der Waals surface area contributed by atoms with Gasteiger partial charge in [-0.3, -0.25) is 0 Å². The van der Waals surface area contributed by atoms with Crippen LogP contribution in [0.2, 0.25) is 0 Å². The summed E-state index contributed by atoms with van der Waals surface area (Å²) >= 11 is -1.88. The van der Waals surface area contributed by atoms with Crippen LogP contribution in [0.25, 0.3) is 0 Å². The molecule has 1 heterocycles. The lowest BCUT2D eigenvalue weighted by Gasteiger charge is -2.00. The van der Waals surface area contributed by atoms with Crippen molar-refractivity contribution in [1.29, 1.82) is 0 Å². The Morgan fingerprint density at radius 1 is 1.38 bits per heavy atom. The van der Waals surface area contributed by atoms with E-state index in [2.05, 4.69) is 4.98 Å². The van der Waals surface area contributed by atoms with Gasteiger partial charge >= 0.3 is 0 Å². The van der Waals surface area contributed by atoms with Gasteiger partial charge in [0, 0.05) is 0 Å². The largest absolute Gasteiger partial charge is 0.438 e. The molecule has 2 rings (SSSR count). The summed E-state index contributed by atoms with van der Waals surface area (Å²) in [6, 6.07) is 9.22. The zero-order valence-corrected chi connectivity index (χ0v) is 9.13. The first kappa shape index (κ1) is 10.8. The molecule has 0 aliphatic carbocycles. The van der Waals surface area contributed by atoms with Crippen LogP contribution < -0.4 is 4.74 Å². The third-order valence-electron chi connectivity index (χ3n) is 1.83. The minimum Gasteiger partial charge on any atom is -0.438 e. The van der Waals surface area contributed by atoms with E-state index in [1.807, 2.05) is 30.3 Å².